The van der Waals surface area contributed by atoms with Gasteiger partial charge in [0.1, 0.15) is 0 Å². The molecule has 0 radical (unpaired) electrons. The summed E-state index contributed by atoms with van der Waals surface area (Å²) in [6.07, 6.45) is -7.20. The molecule has 0 aromatic carbocycles. The minimum atomic E-state index is -4.84. The van der Waals surface area contributed by atoms with Crippen LogP contribution >= 0.6 is 22.6 Å². The minimum Gasteiger partial charge on any atom is -0.325 e. The quantitative estimate of drug-likeness (QED) is 0.656. The molecule has 8 heteroatoms. The first-order valence-electron chi connectivity index (χ1n) is 4.01. The number of halogens is 6. The molecule has 0 bridgehead atoms. The molecule has 90 valence electrons. The Morgan fingerprint density at radius 1 is 1.38 bits per heavy atom. The van der Waals surface area contributed by atoms with Crippen LogP contribution in [-0.4, -0.2) is 4.98 Å². The van der Waals surface area contributed by atoms with Crippen LogP contribution in [0.15, 0.2) is 6.20 Å². The van der Waals surface area contributed by atoms with Crippen molar-refractivity contribution in [2.75, 3.05) is 0 Å². The highest BCUT2D eigenvalue weighted by Crippen LogP contribution is 2.39. The summed E-state index contributed by atoms with van der Waals surface area (Å²) in [6, 6.07) is 0. The fraction of sp³-hybridized carbons (Fsp3) is 0.375. The maximum Gasteiger partial charge on any atom is 0.418 e. The van der Waals surface area contributed by atoms with Crippen LogP contribution in [-0.2, 0) is 12.7 Å². The molecular weight excluding hydrogens is 346 g/mol. The van der Waals surface area contributed by atoms with Crippen molar-refractivity contribution in [2.45, 2.75) is 19.1 Å². The highest BCUT2D eigenvalue weighted by Gasteiger charge is 2.39. The highest BCUT2D eigenvalue weighted by atomic mass is 127. The molecule has 0 amide bonds. The molecule has 16 heavy (non-hydrogen) atoms. The van der Waals surface area contributed by atoms with E-state index in [1.54, 1.807) is 0 Å². The highest BCUT2D eigenvalue weighted by molar-refractivity contribution is 14.1. The third-order valence-electron chi connectivity index (χ3n) is 1.85. The van der Waals surface area contributed by atoms with Crippen LogP contribution in [0.4, 0.5) is 22.0 Å². The number of rotatable bonds is 2. The Morgan fingerprint density at radius 3 is 2.31 bits per heavy atom. The summed E-state index contributed by atoms with van der Waals surface area (Å²) in [5.74, 6) is 0. The molecule has 0 unspecified atom stereocenters. The number of aromatic nitrogens is 1. The summed E-state index contributed by atoms with van der Waals surface area (Å²) in [7, 11) is 0. The smallest absolute Gasteiger partial charge is 0.325 e. The largest absolute Gasteiger partial charge is 0.418 e. The predicted octanol–water partition coefficient (Wildman–Crippen LogP) is 3.10. The van der Waals surface area contributed by atoms with E-state index in [-0.39, 0.29) is 3.57 Å². The van der Waals surface area contributed by atoms with Gasteiger partial charge in [0, 0.05) is 16.3 Å². The zero-order valence-corrected chi connectivity index (χ0v) is 9.81. The lowest BCUT2D eigenvalue weighted by Gasteiger charge is -2.16. The van der Waals surface area contributed by atoms with Crippen LogP contribution in [0.5, 0.6) is 0 Å². The first-order valence-corrected chi connectivity index (χ1v) is 5.09. The molecular formula is C8H6F5IN2. The summed E-state index contributed by atoms with van der Waals surface area (Å²) in [4.78, 5) is 3.48. The molecule has 1 rings (SSSR count). The van der Waals surface area contributed by atoms with E-state index in [2.05, 4.69) is 4.98 Å². The van der Waals surface area contributed by atoms with Crippen molar-refractivity contribution < 1.29 is 22.0 Å². The predicted molar refractivity (Wildman–Crippen MR) is 54.8 cm³/mol. The zero-order valence-electron chi connectivity index (χ0n) is 7.65. The SMILES string of the molecule is NCc1ncc(I)c(C(F)(F)F)c1C(F)F. The number of nitrogens with two attached hydrogens (primary N) is 1. The van der Waals surface area contributed by atoms with E-state index in [1.165, 1.54) is 22.6 Å². The average Bonchev–Trinajstić information content (AvgIpc) is 2.15. The summed E-state index contributed by atoms with van der Waals surface area (Å²) in [5.41, 5.74) is 2.19. The normalized spacial score (nSPS) is 12.2. The summed E-state index contributed by atoms with van der Waals surface area (Å²) >= 11 is 1.32. The topological polar surface area (TPSA) is 38.9 Å². The third kappa shape index (κ3) is 2.59. The lowest BCUT2D eigenvalue weighted by atomic mass is 10.1. The molecule has 2 N–H and O–H groups in total. The third-order valence-corrected chi connectivity index (χ3v) is 2.67. The van der Waals surface area contributed by atoms with Gasteiger partial charge in [0.15, 0.2) is 0 Å². The van der Waals surface area contributed by atoms with Crippen molar-refractivity contribution in [3.8, 4) is 0 Å². The molecule has 0 fully saturated rings. The molecule has 0 aliphatic rings. The van der Waals surface area contributed by atoms with Gasteiger partial charge < -0.3 is 5.73 Å². The Kier molecular flexibility index (Phi) is 4.05. The second kappa shape index (κ2) is 4.78. The second-order valence-corrected chi connectivity index (χ2v) is 4.01. The van der Waals surface area contributed by atoms with E-state index in [0.29, 0.717) is 0 Å². The Bertz CT molecular complexity index is 391. The van der Waals surface area contributed by atoms with Gasteiger partial charge in [-0.3, -0.25) is 4.98 Å². The van der Waals surface area contributed by atoms with Crippen LogP contribution in [0.3, 0.4) is 0 Å². The van der Waals surface area contributed by atoms with Crippen LogP contribution in [0.1, 0.15) is 23.2 Å². The Balaban J connectivity index is 3.55. The lowest BCUT2D eigenvalue weighted by Crippen LogP contribution is -2.17. The van der Waals surface area contributed by atoms with Crippen LogP contribution in [0, 0.1) is 3.57 Å². The van der Waals surface area contributed by atoms with Gasteiger partial charge in [-0.25, -0.2) is 8.78 Å². The summed E-state index contributed by atoms with van der Waals surface area (Å²) < 4.78 is 62.5. The van der Waals surface area contributed by atoms with E-state index in [4.69, 9.17) is 5.73 Å². The van der Waals surface area contributed by atoms with Crippen molar-refractivity contribution in [3.63, 3.8) is 0 Å². The van der Waals surface area contributed by atoms with Gasteiger partial charge in [0.2, 0.25) is 0 Å². The molecule has 1 heterocycles. The molecule has 2 nitrogen and oxygen atoms in total. The van der Waals surface area contributed by atoms with Crippen LogP contribution in [0.2, 0.25) is 0 Å². The van der Waals surface area contributed by atoms with Gasteiger partial charge >= 0.3 is 6.18 Å². The molecule has 1 aromatic rings. The van der Waals surface area contributed by atoms with Crippen molar-refractivity contribution >= 4 is 22.6 Å². The fourth-order valence-electron chi connectivity index (χ4n) is 1.23. The van der Waals surface area contributed by atoms with Gasteiger partial charge in [-0.05, 0) is 22.6 Å². The number of hydrogen-bond donors (Lipinski definition) is 1. The van der Waals surface area contributed by atoms with Crippen LogP contribution in [0.25, 0.3) is 0 Å². The van der Waals surface area contributed by atoms with Gasteiger partial charge in [-0.1, -0.05) is 0 Å². The molecule has 1 aromatic heterocycles. The van der Waals surface area contributed by atoms with E-state index in [0.717, 1.165) is 6.20 Å². The van der Waals surface area contributed by atoms with Gasteiger partial charge in [0.25, 0.3) is 6.43 Å². The second-order valence-electron chi connectivity index (χ2n) is 2.84. The van der Waals surface area contributed by atoms with Gasteiger partial charge in [-0.2, -0.15) is 13.2 Å². The van der Waals surface area contributed by atoms with Crippen molar-refractivity contribution in [1.29, 1.82) is 0 Å². The molecule has 0 saturated carbocycles. The minimum absolute atomic E-state index is 0.363. The van der Waals surface area contributed by atoms with E-state index >= 15 is 0 Å². The summed E-state index contributed by atoms with van der Waals surface area (Å²) in [6.45, 7) is -0.459. The van der Waals surface area contributed by atoms with Gasteiger partial charge in [-0.15, -0.1) is 0 Å². The first kappa shape index (κ1) is 13.6. The number of hydrogen-bond acceptors (Lipinski definition) is 2. The Labute approximate surface area is 101 Å². The number of alkyl halides is 5. The molecule has 0 spiro atoms. The summed E-state index contributed by atoms with van der Waals surface area (Å²) in [5, 5.41) is 0. The molecule has 0 aliphatic heterocycles. The van der Waals surface area contributed by atoms with Crippen molar-refractivity contribution in [3.05, 3.63) is 26.6 Å². The molecule has 0 aliphatic carbocycles. The van der Waals surface area contributed by atoms with Gasteiger partial charge in [0.05, 0.1) is 16.8 Å². The average molecular weight is 352 g/mol. The van der Waals surface area contributed by atoms with Crippen molar-refractivity contribution in [2.24, 2.45) is 5.73 Å². The monoisotopic (exact) mass is 352 g/mol. The maximum absolute atomic E-state index is 12.6. The van der Waals surface area contributed by atoms with E-state index < -0.39 is 36.0 Å². The van der Waals surface area contributed by atoms with E-state index in [9.17, 15) is 22.0 Å². The number of pyridine rings is 1. The van der Waals surface area contributed by atoms with Crippen LogP contribution < -0.4 is 5.73 Å². The Morgan fingerprint density at radius 2 is 1.94 bits per heavy atom. The molecule has 0 saturated heterocycles. The van der Waals surface area contributed by atoms with E-state index in [1.807, 2.05) is 0 Å². The lowest BCUT2D eigenvalue weighted by molar-refractivity contribution is -0.140. The first-order chi connectivity index (χ1) is 7.29. The maximum atomic E-state index is 12.6. The number of nitrogens with zero attached hydrogens (tertiary/aromatic N) is 1. The standard InChI is InChI=1S/C8H6F5IN2/c9-7(10)5-4(1-15)16-2-3(14)6(5)8(11,12)13/h2,7H,1,15H2. The zero-order chi connectivity index (χ0) is 12.5. The van der Waals surface area contributed by atoms with Crippen molar-refractivity contribution in [1.82, 2.24) is 4.98 Å². The fourth-order valence-corrected chi connectivity index (χ4v) is 1.96. The molecule has 0 atom stereocenters. The Hall–Kier alpha value is -0.510.